The van der Waals surface area contributed by atoms with Crippen molar-refractivity contribution in [3.05, 3.63) is 34.0 Å². The first-order valence-electron chi connectivity index (χ1n) is 7.88. The van der Waals surface area contributed by atoms with Crippen molar-refractivity contribution in [2.75, 3.05) is 29.5 Å². The predicted molar refractivity (Wildman–Crippen MR) is 95.9 cm³/mol. The molecule has 24 heavy (non-hydrogen) atoms. The predicted octanol–water partition coefficient (Wildman–Crippen LogP) is 2.62. The lowest BCUT2D eigenvalue weighted by Crippen LogP contribution is -2.22. The van der Waals surface area contributed by atoms with Gasteiger partial charge < -0.3 is 16.4 Å². The van der Waals surface area contributed by atoms with Crippen LogP contribution in [0.15, 0.2) is 18.2 Å². The Balaban J connectivity index is 2.66. The van der Waals surface area contributed by atoms with Crippen LogP contribution in [-0.2, 0) is 6.42 Å². The van der Waals surface area contributed by atoms with E-state index in [4.69, 9.17) is 11.5 Å². The monoisotopic (exact) mass is 330 g/mol. The lowest BCUT2D eigenvalue weighted by molar-refractivity contribution is -0.384. The number of nitro benzene ring substituents is 1. The fourth-order valence-electron chi connectivity index (χ4n) is 2.77. The van der Waals surface area contributed by atoms with Gasteiger partial charge in [-0.1, -0.05) is 13.0 Å². The summed E-state index contributed by atoms with van der Waals surface area (Å²) in [4.78, 5) is 21.3. The van der Waals surface area contributed by atoms with Crippen molar-refractivity contribution in [2.45, 2.75) is 27.2 Å². The number of hydrogen-bond donors (Lipinski definition) is 2. The van der Waals surface area contributed by atoms with Crippen molar-refractivity contribution in [1.29, 1.82) is 0 Å². The summed E-state index contributed by atoms with van der Waals surface area (Å²) in [7, 11) is 0. The topological polar surface area (TPSA) is 124 Å². The van der Waals surface area contributed by atoms with Crippen molar-refractivity contribution in [3.8, 4) is 11.1 Å². The van der Waals surface area contributed by atoms with Crippen molar-refractivity contribution in [2.24, 2.45) is 0 Å². The van der Waals surface area contributed by atoms with Gasteiger partial charge in [0.25, 0.3) is 5.69 Å². The number of rotatable bonds is 6. The first kappa shape index (κ1) is 17.5. The molecule has 0 spiro atoms. The largest absolute Gasteiger partial charge is 0.383 e. The molecule has 2 rings (SSSR count). The van der Waals surface area contributed by atoms with Crippen LogP contribution >= 0.6 is 0 Å². The highest BCUT2D eigenvalue weighted by molar-refractivity contribution is 5.81. The molecule has 1 aromatic carbocycles. The normalized spacial score (nSPS) is 10.6. The molecule has 0 saturated heterocycles. The van der Waals surface area contributed by atoms with Gasteiger partial charge in [0.05, 0.1) is 10.6 Å². The van der Waals surface area contributed by atoms with Gasteiger partial charge in [0.2, 0.25) is 5.95 Å². The van der Waals surface area contributed by atoms with Gasteiger partial charge in [0, 0.05) is 24.7 Å². The van der Waals surface area contributed by atoms with E-state index in [2.05, 4.69) is 9.97 Å². The molecule has 0 aliphatic carbocycles. The summed E-state index contributed by atoms with van der Waals surface area (Å²) >= 11 is 0. The molecule has 0 saturated carbocycles. The van der Waals surface area contributed by atoms with Crippen LogP contribution in [-0.4, -0.2) is 28.0 Å². The third kappa shape index (κ3) is 3.22. The van der Waals surface area contributed by atoms with Gasteiger partial charge in [0.1, 0.15) is 11.5 Å². The molecule has 4 N–H and O–H groups in total. The average Bonchev–Trinajstić information content (AvgIpc) is 2.55. The van der Waals surface area contributed by atoms with Crippen molar-refractivity contribution in [1.82, 2.24) is 9.97 Å². The minimum Gasteiger partial charge on any atom is -0.383 e. The van der Waals surface area contributed by atoms with E-state index in [0.717, 1.165) is 0 Å². The molecule has 0 aliphatic rings. The van der Waals surface area contributed by atoms with Crippen LogP contribution in [0.25, 0.3) is 11.1 Å². The number of nitrogens with zero attached hydrogens (tertiary/aromatic N) is 4. The molecule has 0 fully saturated rings. The Morgan fingerprint density at radius 2 is 1.83 bits per heavy atom. The Labute approximate surface area is 140 Å². The Morgan fingerprint density at radius 3 is 2.38 bits per heavy atom. The summed E-state index contributed by atoms with van der Waals surface area (Å²) in [6.45, 7) is 7.21. The summed E-state index contributed by atoms with van der Waals surface area (Å²) in [5.74, 6) is 0.326. The zero-order valence-electron chi connectivity index (χ0n) is 14.1. The smallest absolute Gasteiger partial charge is 0.293 e. The van der Waals surface area contributed by atoms with E-state index in [1.807, 2.05) is 31.7 Å². The van der Waals surface area contributed by atoms with Crippen molar-refractivity contribution < 1.29 is 4.92 Å². The van der Waals surface area contributed by atoms with Gasteiger partial charge in [-0.3, -0.25) is 10.1 Å². The Hall–Kier alpha value is -2.90. The molecule has 8 nitrogen and oxygen atoms in total. The number of benzene rings is 1. The molecule has 0 aliphatic heterocycles. The van der Waals surface area contributed by atoms with Crippen LogP contribution in [0.5, 0.6) is 0 Å². The molecule has 0 unspecified atom stereocenters. The van der Waals surface area contributed by atoms with Gasteiger partial charge >= 0.3 is 0 Å². The molecule has 0 atom stereocenters. The Kier molecular flexibility index (Phi) is 5.18. The summed E-state index contributed by atoms with van der Waals surface area (Å²) in [5.41, 5.74) is 14.1. The van der Waals surface area contributed by atoms with E-state index in [1.54, 1.807) is 6.07 Å². The molecule has 8 heteroatoms. The van der Waals surface area contributed by atoms with E-state index in [-0.39, 0.29) is 22.4 Å². The van der Waals surface area contributed by atoms with Crippen LogP contribution in [0, 0.1) is 10.1 Å². The van der Waals surface area contributed by atoms with Crippen LogP contribution in [0.4, 0.5) is 23.1 Å². The highest BCUT2D eigenvalue weighted by atomic mass is 16.6. The number of nitrogens with two attached hydrogens (primary N) is 2. The summed E-state index contributed by atoms with van der Waals surface area (Å²) in [5, 5.41) is 11.5. The van der Waals surface area contributed by atoms with Gasteiger partial charge in [-0.05, 0) is 31.9 Å². The SMILES string of the molecule is CCc1nc(N)nc(N)c1-c1ccc(N(CC)CC)c([N+](=O)[O-])c1. The molecule has 0 radical (unpaired) electrons. The first-order chi connectivity index (χ1) is 11.4. The minimum absolute atomic E-state index is 0.0366. The maximum Gasteiger partial charge on any atom is 0.293 e. The molecular weight excluding hydrogens is 308 g/mol. The molecule has 0 amide bonds. The van der Waals surface area contributed by atoms with E-state index >= 15 is 0 Å². The van der Waals surface area contributed by atoms with Gasteiger partial charge in [-0.2, -0.15) is 4.98 Å². The van der Waals surface area contributed by atoms with E-state index in [9.17, 15) is 10.1 Å². The van der Waals surface area contributed by atoms with Crippen LogP contribution in [0.1, 0.15) is 26.5 Å². The first-order valence-corrected chi connectivity index (χ1v) is 7.88. The molecule has 128 valence electrons. The maximum atomic E-state index is 11.5. The Bertz CT molecular complexity index is 758. The van der Waals surface area contributed by atoms with Crippen LogP contribution < -0.4 is 16.4 Å². The molecule has 2 aromatic rings. The summed E-state index contributed by atoms with van der Waals surface area (Å²) in [6.07, 6.45) is 0.595. The number of anilines is 3. The standard InChI is InChI=1S/C16H22N6O2/c1-4-11-14(15(17)20-16(18)19-11)10-7-8-12(21(5-2)6-3)13(9-10)22(23)24/h7-9H,4-6H2,1-3H3,(H4,17,18,19,20). The minimum atomic E-state index is -0.378. The van der Waals surface area contributed by atoms with E-state index < -0.39 is 0 Å². The fraction of sp³-hybridized carbons (Fsp3) is 0.375. The lowest BCUT2D eigenvalue weighted by atomic mass is 10.0. The zero-order chi connectivity index (χ0) is 17.9. The number of aryl methyl sites for hydroxylation is 1. The molecule has 1 aromatic heterocycles. The lowest BCUT2D eigenvalue weighted by Gasteiger charge is -2.21. The van der Waals surface area contributed by atoms with Gasteiger partial charge in [-0.25, -0.2) is 4.98 Å². The summed E-state index contributed by atoms with van der Waals surface area (Å²) < 4.78 is 0. The highest BCUT2D eigenvalue weighted by Gasteiger charge is 2.21. The second kappa shape index (κ2) is 7.12. The molecule has 0 bridgehead atoms. The fourth-order valence-corrected chi connectivity index (χ4v) is 2.77. The quantitative estimate of drug-likeness (QED) is 0.616. The van der Waals surface area contributed by atoms with Crippen LogP contribution in [0.3, 0.4) is 0 Å². The Morgan fingerprint density at radius 1 is 1.17 bits per heavy atom. The van der Waals surface area contributed by atoms with E-state index in [1.165, 1.54) is 6.07 Å². The molecular formula is C16H22N6O2. The van der Waals surface area contributed by atoms with Gasteiger partial charge in [0.15, 0.2) is 0 Å². The zero-order valence-corrected chi connectivity index (χ0v) is 14.1. The number of hydrogen-bond acceptors (Lipinski definition) is 7. The molecule has 1 heterocycles. The maximum absolute atomic E-state index is 11.5. The van der Waals surface area contributed by atoms with E-state index in [0.29, 0.717) is 42.0 Å². The number of nitrogen functional groups attached to an aromatic ring is 2. The van der Waals surface area contributed by atoms with Crippen molar-refractivity contribution >= 4 is 23.1 Å². The third-order valence-corrected chi connectivity index (χ3v) is 3.93. The average molecular weight is 330 g/mol. The second-order valence-corrected chi connectivity index (χ2v) is 5.28. The van der Waals surface area contributed by atoms with Crippen LogP contribution in [0.2, 0.25) is 0 Å². The third-order valence-electron chi connectivity index (χ3n) is 3.93. The number of aromatic nitrogens is 2. The number of nitro groups is 1. The highest BCUT2D eigenvalue weighted by Crippen LogP contribution is 2.36. The second-order valence-electron chi connectivity index (χ2n) is 5.28. The summed E-state index contributed by atoms with van der Waals surface area (Å²) in [6, 6.07) is 5.08. The van der Waals surface area contributed by atoms with Crippen molar-refractivity contribution in [3.63, 3.8) is 0 Å². The van der Waals surface area contributed by atoms with Gasteiger partial charge in [-0.15, -0.1) is 0 Å².